The Morgan fingerprint density at radius 1 is 1.25 bits per heavy atom. The second-order valence-corrected chi connectivity index (χ2v) is 7.47. The van der Waals surface area contributed by atoms with Crippen molar-refractivity contribution in [1.82, 2.24) is 5.16 Å². The standard InChI is InChI=1S/C19H13Br2FN2O4/c1-11-18(24(25)26)17(28-23-11)7-6-12-8-14(20)19(15(21)9-12)27-10-13-4-2-3-5-16(13)22/h2-9H,10H2,1H3/b7-6-. The van der Waals surface area contributed by atoms with E-state index in [2.05, 4.69) is 37.0 Å². The molecule has 0 aliphatic carbocycles. The van der Waals surface area contributed by atoms with Crippen LogP contribution < -0.4 is 4.74 Å². The monoisotopic (exact) mass is 510 g/mol. The van der Waals surface area contributed by atoms with Gasteiger partial charge in [-0.3, -0.25) is 10.1 Å². The number of aromatic nitrogens is 1. The minimum atomic E-state index is -0.531. The minimum absolute atomic E-state index is 0.0645. The molecule has 0 aliphatic rings. The first-order valence-electron chi connectivity index (χ1n) is 8.01. The molecule has 0 aliphatic heterocycles. The molecule has 3 rings (SSSR count). The Kier molecular flexibility index (Phi) is 6.25. The molecule has 0 atom stereocenters. The lowest BCUT2D eigenvalue weighted by molar-refractivity contribution is -0.386. The lowest BCUT2D eigenvalue weighted by Crippen LogP contribution is -1.99. The smallest absolute Gasteiger partial charge is 0.338 e. The third-order valence-electron chi connectivity index (χ3n) is 3.82. The summed E-state index contributed by atoms with van der Waals surface area (Å²) in [6, 6.07) is 9.93. The molecule has 0 spiro atoms. The predicted molar refractivity (Wildman–Crippen MR) is 109 cm³/mol. The highest BCUT2D eigenvalue weighted by atomic mass is 79.9. The topological polar surface area (TPSA) is 78.4 Å². The molecular formula is C19H13Br2FN2O4. The number of ether oxygens (including phenoxy) is 1. The first kappa shape index (κ1) is 20.2. The van der Waals surface area contributed by atoms with E-state index in [9.17, 15) is 14.5 Å². The summed E-state index contributed by atoms with van der Waals surface area (Å²) in [6.45, 7) is 1.58. The van der Waals surface area contributed by atoms with E-state index in [1.165, 1.54) is 19.1 Å². The summed E-state index contributed by atoms with van der Waals surface area (Å²) >= 11 is 6.86. The number of rotatable bonds is 6. The normalized spacial score (nSPS) is 11.1. The van der Waals surface area contributed by atoms with Crippen molar-refractivity contribution in [3.8, 4) is 5.75 Å². The average molecular weight is 512 g/mol. The van der Waals surface area contributed by atoms with Crippen LogP contribution in [0.2, 0.25) is 0 Å². The van der Waals surface area contributed by atoms with Gasteiger partial charge in [0.25, 0.3) is 0 Å². The average Bonchev–Trinajstić information content (AvgIpc) is 3.01. The number of hydrogen-bond acceptors (Lipinski definition) is 5. The largest absolute Gasteiger partial charge is 0.486 e. The van der Waals surface area contributed by atoms with E-state index in [0.717, 1.165) is 5.56 Å². The van der Waals surface area contributed by atoms with Crippen molar-refractivity contribution >= 4 is 49.7 Å². The van der Waals surface area contributed by atoms with Gasteiger partial charge < -0.3 is 9.26 Å². The molecule has 0 saturated heterocycles. The molecule has 6 nitrogen and oxygen atoms in total. The van der Waals surface area contributed by atoms with Crippen LogP contribution in [0.3, 0.4) is 0 Å². The zero-order valence-electron chi connectivity index (χ0n) is 14.5. The van der Waals surface area contributed by atoms with Gasteiger partial charge >= 0.3 is 5.69 Å². The van der Waals surface area contributed by atoms with Gasteiger partial charge in [0.05, 0.1) is 13.9 Å². The van der Waals surface area contributed by atoms with Crippen LogP contribution in [0.4, 0.5) is 10.1 Å². The lowest BCUT2D eigenvalue weighted by atomic mass is 10.2. The van der Waals surface area contributed by atoms with Gasteiger partial charge in [0.15, 0.2) is 5.69 Å². The van der Waals surface area contributed by atoms with Gasteiger partial charge in [-0.15, -0.1) is 0 Å². The first-order valence-corrected chi connectivity index (χ1v) is 9.59. The van der Waals surface area contributed by atoms with E-state index in [-0.39, 0.29) is 29.6 Å². The highest BCUT2D eigenvalue weighted by Crippen LogP contribution is 2.36. The molecule has 1 aromatic heterocycles. The Balaban J connectivity index is 1.80. The summed E-state index contributed by atoms with van der Waals surface area (Å²) < 4.78 is 25.7. The molecule has 0 radical (unpaired) electrons. The summed E-state index contributed by atoms with van der Waals surface area (Å²) in [5.41, 5.74) is 1.22. The lowest BCUT2D eigenvalue weighted by Gasteiger charge is -2.12. The van der Waals surface area contributed by atoms with Crippen LogP contribution in [0.1, 0.15) is 22.6 Å². The maximum absolute atomic E-state index is 13.7. The van der Waals surface area contributed by atoms with Crippen molar-refractivity contribution in [2.75, 3.05) is 0 Å². The molecule has 0 bridgehead atoms. The molecule has 0 saturated carbocycles. The van der Waals surface area contributed by atoms with Crippen molar-refractivity contribution in [2.24, 2.45) is 0 Å². The number of aryl methyl sites for hydroxylation is 1. The number of nitrogens with zero attached hydrogens (tertiary/aromatic N) is 2. The zero-order valence-corrected chi connectivity index (χ0v) is 17.7. The SMILES string of the molecule is Cc1noc(/C=C\c2cc(Br)c(OCc3ccccc3F)c(Br)c2)c1[N+](=O)[O-]. The summed E-state index contributed by atoms with van der Waals surface area (Å²) in [4.78, 5) is 10.6. The molecule has 144 valence electrons. The molecule has 2 aromatic carbocycles. The van der Waals surface area contributed by atoms with Crippen LogP contribution in [0.15, 0.2) is 49.9 Å². The number of benzene rings is 2. The molecule has 28 heavy (non-hydrogen) atoms. The summed E-state index contributed by atoms with van der Waals surface area (Å²) in [5.74, 6) is 0.245. The maximum atomic E-state index is 13.7. The molecule has 0 unspecified atom stereocenters. The number of nitro groups is 1. The summed E-state index contributed by atoms with van der Waals surface area (Å²) in [7, 11) is 0. The van der Waals surface area contributed by atoms with Crippen LogP contribution in [0.5, 0.6) is 5.75 Å². The van der Waals surface area contributed by atoms with Crippen molar-refractivity contribution < 1.29 is 18.6 Å². The molecule has 0 N–H and O–H groups in total. The fourth-order valence-corrected chi connectivity index (χ4v) is 3.92. The second kappa shape index (κ2) is 8.66. The van der Waals surface area contributed by atoms with Gasteiger partial charge in [0.2, 0.25) is 5.76 Å². The third kappa shape index (κ3) is 4.48. The Labute approximate surface area is 176 Å². The van der Waals surface area contributed by atoms with E-state index in [4.69, 9.17) is 9.26 Å². The van der Waals surface area contributed by atoms with E-state index in [0.29, 0.717) is 20.3 Å². The molecular weight excluding hydrogens is 499 g/mol. The van der Waals surface area contributed by atoms with Gasteiger partial charge in [-0.1, -0.05) is 29.4 Å². The van der Waals surface area contributed by atoms with Crippen molar-refractivity contribution in [2.45, 2.75) is 13.5 Å². The Hall–Kier alpha value is -2.52. The zero-order chi connectivity index (χ0) is 20.3. The Morgan fingerprint density at radius 2 is 1.93 bits per heavy atom. The first-order chi connectivity index (χ1) is 13.4. The number of hydrogen-bond donors (Lipinski definition) is 0. The third-order valence-corrected chi connectivity index (χ3v) is 5.00. The quantitative estimate of drug-likeness (QED) is 0.286. The Morgan fingerprint density at radius 3 is 2.57 bits per heavy atom. The van der Waals surface area contributed by atoms with Crippen LogP contribution in [-0.2, 0) is 6.61 Å². The van der Waals surface area contributed by atoms with Gasteiger partial charge in [-0.2, -0.15) is 0 Å². The van der Waals surface area contributed by atoms with Crippen LogP contribution in [-0.4, -0.2) is 10.1 Å². The highest BCUT2D eigenvalue weighted by Gasteiger charge is 2.22. The van der Waals surface area contributed by atoms with Crippen molar-refractivity contribution in [1.29, 1.82) is 0 Å². The van der Waals surface area contributed by atoms with Gasteiger partial charge in [0, 0.05) is 5.56 Å². The fraction of sp³-hybridized carbons (Fsp3) is 0.105. The minimum Gasteiger partial charge on any atom is -0.486 e. The number of halogens is 3. The van der Waals surface area contributed by atoms with E-state index < -0.39 is 4.92 Å². The van der Waals surface area contributed by atoms with E-state index >= 15 is 0 Å². The second-order valence-electron chi connectivity index (χ2n) is 5.77. The van der Waals surface area contributed by atoms with Crippen LogP contribution in [0.25, 0.3) is 12.2 Å². The van der Waals surface area contributed by atoms with Crippen molar-refractivity contribution in [3.63, 3.8) is 0 Å². The molecule has 0 fully saturated rings. The predicted octanol–water partition coefficient (Wildman–Crippen LogP) is 6.30. The molecule has 0 amide bonds. The van der Waals surface area contributed by atoms with Gasteiger partial charge in [0.1, 0.15) is 18.2 Å². The summed E-state index contributed by atoms with van der Waals surface area (Å²) in [6.07, 6.45) is 3.13. The van der Waals surface area contributed by atoms with Crippen LogP contribution in [0, 0.1) is 22.9 Å². The van der Waals surface area contributed by atoms with Gasteiger partial charge in [-0.25, -0.2) is 4.39 Å². The molecule has 3 aromatic rings. The van der Waals surface area contributed by atoms with Crippen molar-refractivity contribution in [3.05, 3.63) is 83.9 Å². The van der Waals surface area contributed by atoms with Gasteiger partial charge in [-0.05, 0) is 68.6 Å². The van der Waals surface area contributed by atoms with E-state index in [1.807, 2.05) is 0 Å². The molecule has 9 heteroatoms. The highest BCUT2D eigenvalue weighted by molar-refractivity contribution is 9.11. The summed E-state index contributed by atoms with van der Waals surface area (Å²) in [5, 5.41) is 14.7. The van der Waals surface area contributed by atoms with Crippen LogP contribution >= 0.6 is 31.9 Å². The Bertz CT molecular complexity index is 1040. The molecule has 1 heterocycles. The fourth-order valence-electron chi connectivity index (χ4n) is 2.46. The maximum Gasteiger partial charge on any atom is 0.338 e. The van der Waals surface area contributed by atoms with E-state index in [1.54, 1.807) is 36.4 Å².